The number of methoxy groups -OCH3 is 1. The number of fused-ring (bicyclic) bond motifs is 1. The number of aryl methyl sites for hydroxylation is 1. The van der Waals surface area contributed by atoms with Gasteiger partial charge in [-0.3, -0.25) is 0 Å². The zero-order valence-corrected chi connectivity index (χ0v) is 17.2. The number of esters is 1. The van der Waals surface area contributed by atoms with Crippen molar-refractivity contribution < 1.29 is 9.53 Å². The lowest BCUT2D eigenvalue weighted by atomic mass is 9.73. The van der Waals surface area contributed by atoms with Crippen LogP contribution in [0.3, 0.4) is 0 Å². The van der Waals surface area contributed by atoms with Crippen LogP contribution in [0.1, 0.15) is 61.2 Å². The summed E-state index contributed by atoms with van der Waals surface area (Å²) in [5, 5.41) is 0. The molecule has 3 nitrogen and oxygen atoms in total. The van der Waals surface area contributed by atoms with Crippen molar-refractivity contribution in [1.29, 1.82) is 0 Å². The summed E-state index contributed by atoms with van der Waals surface area (Å²) in [6, 6.07) is 12.3. The molecule has 0 aromatic heterocycles. The predicted octanol–water partition coefficient (Wildman–Crippen LogP) is 6.02. The summed E-state index contributed by atoms with van der Waals surface area (Å²) in [6.45, 7) is 12.0. The maximum absolute atomic E-state index is 11.7. The number of benzene rings is 2. The van der Waals surface area contributed by atoms with Gasteiger partial charge in [0.05, 0.1) is 12.7 Å². The lowest BCUT2D eigenvalue weighted by Crippen LogP contribution is -2.24. The molecule has 0 fully saturated rings. The monoisotopic (exact) mass is 363 g/mol. The molecule has 0 unspecified atom stereocenters. The van der Waals surface area contributed by atoms with Crippen molar-refractivity contribution >= 4 is 22.9 Å². The van der Waals surface area contributed by atoms with Crippen LogP contribution in [-0.2, 0) is 10.2 Å². The SMILES string of the molecule is CCN(c1ccc(C(=O)OC)cc1)c1cc2c(cc1C)C(C)=CCC2(C)C. The average Bonchev–Trinajstić information content (AvgIpc) is 2.66. The third kappa shape index (κ3) is 3.51. The van der Waals surface area contributed by atoms with Crippen molar-refractivity contribution in [1.82, 2.24) is 0 Å². The van der Waals surface area contributed by atoms with E-state index >= 15 is 0 Å². The number of carbonyl (C=O) groups excluding carboxylic acids is 1. The van der Waals surface area contributed by atoms with Gasteiger partial charge in [0.15, 0.2) is 0 Å². The van der Waals surface area contributed by atoms with E-state index in [1.54, 1.807) is 0 Å². The van der Waals surface area contributed by atoms with Crippen molar-refractivity contribution in [3.63, 3.8) is 0 Å². The third-order valence-corrected chi connectivity index (χ3v) is 5.62. The molecule has 0 aliphatic heterocycles. The number of hydrogen-bond acceptors (Lipinski definition) is 3. The van der Waals surface area contributed by atoms with E-state index in [1.807, 2.05) is 24.3 Å². The number of hydrogen-bond donors (Lipinski definition) is 0. The van der Waals surface area contributed by atoms with Gasteiger partial charge in [0.1, 0.15) is 0 Å². The highest BCUT2D eigenvalue weighted by molar-refractivity contribution is 5.90. The minimum absolute atomic E-state index is 0.130. The molecule has 0 atom stereocenters. The van der Waals surface area contributed by atoms with Crippen LogP contribution in [0.2, 0.25) is 0 Å². The zero-order chi connectivity index (χ0) is 19.8. The van der Waals surface area contributed by atoms with Crippen LogP contribution in [0.4, 0.5) is 11.4 Å². The summed E-state index contributed by atoms with van der Waals surface area (Å²) in [6.07, 6.45) is 3.42. The first kappa shape index (κ1) is 19.2. The molecule has 1 aliphatic carbocycles. The molecule has 0 spiro atoms. The van der Waals surface area contributed by atoms with Crippen molar-refractivity contribution in [2.75, 3.05) is 18.6 Å². The minimum atomic E-state index is -0.307. The Bertz CT molecular complexity index is 891. The highest BCUT2D eigenvalue weighted by Crippen LogP contribution is 2.42. The highest BCUT2D eigenvalue weighted by atomic mass is 16.5. The molecule has 0 heterocycles. The molecule has 3 rings (SSSR count). The first-order chi connectivity index (χ1) is 12.8. The van der Waals surface area contributed by atoms with E-state index in [-0.39, 0.29) is 11.4 Å². The molecule has 0 N–H and O–H groups in total. The molecule has 0 radical (unpaired) electrons. The minimum Gasteiger partial charge on any atom is -0.465 e. The van der Waals surface area contributed by atoms with Crippen LogP contribution in [0.5, 0.6) is 0 Å². The molecule has 142 valence electrons. The molecular formula is C24H29NO2. The van der Waals surface area contributed by atoms with Gasteiger partial charge >= 0.3 is 5.97 Å². The Morgan fingerprint density at radius 3 is 2.41 bits per heavy atom. The summed E-state index contributed by atoms with van der Waals surface area (Å²) in [5.74, 6) is -0.307. The van der Waals surface area contributed by atoms with Crippen LogP contribution in [0.25, 0.3) is 5.57 Å². The normalized spacial score (nSPS) is 15.0. The summed E-state index contributed by atoms with van der Waals surface area (Å²) >= 11 is 0. The van der Waals surface area contributed by atoms with Gasteiger partial charge in [-0.05, 0) is 91.3 Å². The third-order valence-electron chi connectivity index (χ3n) is 5.62. The number of ether oxygens (including phenoxy) is 1. The fourth-order valence-electron chi connectivity index (χ4n) is 3.89. The summed E-state index contributed by atoms with van der Waals surface area (Å²) in [7, 11) is 1.41. The van der Waals surface area contributed by atoms with Gasteiger partial charge in [0.25, 0.3) is 0 Å². The number of rotatable bonds is 4. The smallest absolute Gasteiger partial charge is 0.337 e. The van der Waals surface area contributed by atoms with Gasteiger partial charge in [-0.1, -0.05) is 19.9 Å². The summed E-state index contributed by atoms with van der Waals surface area (Å²) in [4.78, 5) is 14.0. The van der Waals surface area contributed by atoms with E-state index in [9.17, 15) is 4.79 Å². The largest absolute Gasteiger partial charge is 0.465 e. The first-order valence-corrected chi connectivity index (χ1v) is 9.56. The fraction of sp³-hybridized carbons (Fsp3) is 0.375. The number of carbonyl (C=O) groups is 1. The Morgan fingerprint density at radius 2 is 1.81 bits per heavy atom. The van der Waals surface area contributed by atoms with Crippen LogP contribution in [-0.4, -0.2) is 19.6 Å². The molecule has 0 amide bonds. The van der Waals surface area contributed by atoms with Crippen LogP contribution in [0, 0.1) is 6.92 Å². The van der Waals surface area contributed by atoms with Gasteiger partial charge in [-0.25, -0.2) is 4.79 Å². The van der Waals surface area contributed by atoms with Crippen molar-refractivity contribution in [2.24, 2.45) is 0 Å². The van der Waals surface area contributed by atoms with E-state index < -0.39 is 0 Å². The van der Waals surface area contributed by atoms with Crippen molar-refractivity contribution in [3.05, 3.63) is 64.7 Å². The van der Waals surface area contributed by atoms with E-state index in [2.05, 4.69) is 57.7 Å². The van der Waals surface area contributed by atoms with Gasteiger partial charge in [-0.2, -0.15) is 0 Å². The highest BCUT2D eigenvalue weighted by Gasteiger charge is 2.28. The van der Waals surface area contributed by atoms with Crippen LogP contribution >= 0.6 is 0 Å². The molecule has 0 saturated carbocycles. The number of anilines is 2. The topological polar surface area (TPSA) is 29.5 Å². The Kier molecular flexibility index (Phi) is 5.14. The molecule has 1 aliphatic rings. The van der Waals surface area contributed by atoms with E-state index in [1.165, 1.54) is 35.1 Å². The van der Waals surface area contributed by atoms with E-state index in [4.69, 9.17) is 4.74 Å². The van der Waals surface area contributed by atoms with Crippen LogP contribution in [0.15, 0.2) is 42.5 Å². The predicted molar refractivity (Wildman–Crippen MR) is 113 cm³/mol. The fourth-order valence-corrected chi connectivity index (χ4v) is 3.89. The van der Waals surface area contributed by atoms with Gasteiger partial charge in [0, 0.05) is 17.9 Å². The number of allylic oxidation sites excluding steroid dienone is 2. The maximum Gasteiger partial charge on any atom is 0.337 e. The summed E-state index contributed by atoms with van der Waals surface area (Å²) in [5.41, 5.74) is 8.41. The van der Waals surface area contributed by atoms with Crippen molar-refractivity contribution in [2.45, 2.75) is 46.5 Å². The quantitative estimate of drug-likeness (QED) is 0.622. The average molecular weight is 364 g/mol. The first-order valence-electron chi connectivity index (χ1n) is 9.56. The Balaban J connectivity index is 2.06. The molecular weight excluding hydrogens is 334 g/mol. The second kappa shape index (κ2) is 7.22. The number of nitrogens with zero attached hydrogens (tertiary/aromatic N) is 1. The van der Waals surface area contributed by atoms with E-state index in [0.29, 0.717) is 5.56 Å². The van der Waals surface area contributed by atoms with Gasteiger partial charge < -0.3 is 9.64 Å². The van der Waals surface area contributed by atoms with Gasteiger partial charge in [-0.15, -0.1) is 0 Å². The molecule has 0 saturated heterocycles. The molecule has 2 aromatic carbocycles. The van der Waals surface area contributed by atoms with Gasteiger partial charge in [0.2, 0.25) is 0 Å². The second-order valence-corrected chi connectivity index (χ2v) is 7.94. The molecule has 0 bridgehead atoms. The van der Waals surface area contributed by atoms with Crippen molar-refractivity contribution in [3.8, 4) is 0 Å². The standard InChI is InChI=1S/C24H29NO2/c1-7-25(19-10-8-18(9-11-19)23(26)27-6)22-15-21-20(14-17(22)3)16(2)12-13-24(21,4)5/h8-12,14-15H,7,13H2,1-6H3. The zero-order valence-electron chi connectivity index (χ0n) is 17.2. The summed E-state index contributed by atoms with van der Waals surface area (Å²) < 4.78 is 4.80. The lowest BCUT2D eigenvalue weighted by molar-refractivity contribution is 0.0601. The lowest BCUT2D eigenvalue weighted by Gasteiger charge is -2.34. The Morgan fingerprint density at radius 1 is 1.15 bits per heavy atom. The molecule has 2 aromatic rings. The molecule has 3 heteroatoms. The second-order valence-electron chi connectivity index (χ2n) is 7.94. The maximum atomic E-state index is 11.7. The molecule has 27 heavy (non-hydrogen) atoms. The van der Waals surface area contributed by atoms with Crippen LogP contribution < -0.4 is 4.90 Å². The Labute approximate surface area is 162 Å². The van der Waals surface area contributed by atoms with E-state index in [0.717, 1.165) is 18.7 Å². The Hall–Kier alpha value is -2.55.